The van der Waals surface area contributed by atoms with Crippen molar-refractivity contribution in [1.82, 2.24) is 19.7 Å². The van der Waals surface area contributed by atoms with Crippen molar-refractivity contribution in [2.24, 2.45) is 5.41 Å². The van der Waals surface area contributed by atoms with Crippen LogP contribution in [0.1, 0.15) is 49.4 Å². The molecule has 0 aliphatic carbocycles. The highest BCUT2D eigenvalue weighted by Crippen LogP contribution is 2.57. The molecule has 1 N–H and O–H groups in total. The number of piperidine rings is 1. The van der Waals surface area contributed by atoms with Crippen LogP contribution in [0.4, 0.5) is 0 Å². The lowest BCUT2D eigenvalue weighted by Gasteiger charge is -2.53. The van der Waals surface area contributed by atoms with Gasteiger partial charge in [-0.2, -0.15) is 0 Å². The molecular weight excluding hydrogens is 340 g/mol. The maximum atomic E-state index is 11.7. The SMILES string of the molecule is CC[C@@]12C=C(c3n[nH]c(=O)o3)n3c4c(c5ccccc53)CCN(CCC1)[C@H]42. The Bertz CT molecular complexity index is 1150. The van der Waals surface area contributed by atoms with E-state index in [4.69, 9.17) is 4.42 Å². The molecule has 2 atom stereocenters. The van der Waals surface area contributed by atoms with Crippen LogP contribution in [-0.2, 0) is 6.42 Å². The van der Waals surface area contributed by atoms with Gasteiger partial charge in [0.15, 0.2) is 0 Å². The Morgan fingerprint density at radius 3 is 3.04 bits per heavy atom. The second-order valence-corrected chi connectivity index (χ2v) is 8.04. The highest BCUT2D eigenvalue weighted by Gasteiger charge is 2.50. The van der Waals surface area contributed by atoms with Gasteiger partial charge in [0.25, 0.3) is 5.89 Å². The molecule has 3 aliphatic rings. The summed E-state index contributed by atoms with van der Waals surface area (Å²) in [4.78, 5) is 14.3. The molecule has 6 heteroatoms. The van der Waals surface area contributed by atoms with E-state index in [0.717, 1.165) is 38.0 Å². The molecule has 27 heavy (non-hydrogen) atoms. The van der Waals surface area contributed by atoms with Crippen molar-refractivity contribution in [2.75, 3.05) is 13.1 Å². The maximum Gasteiger partial charge on any atom is 0.434 e. The fourth-order valence-electron chi connectivity index (χ4n) is 5.78. The van der Waals surface area contributed by atoms with Gasteiger partial charge < -0.3 is 8.98 Å². The first-order valence-corrected chi connectivity index (χ1v) is 9.87. The summed E-state index contributed by atoms with van der Waals surface area (Å²) in [6, 6.07) is 8.97. The fourth-order valence-corrected chi connectivity index (χ4v) is 5.78. The van der Waals surface area contributed by atoms with Crippen molar-refractivity contribution < 1.29 is 4.42 Å². The molecule has 6 nitrogen and oxygen atoms in total. The van der Waals surface area contributed by atoms with E-state index in [1.54, 1.807) is 0 Å². The van der Waals surface area contributed by atoms with Gasteiger partial charge in [-0.05, 0) is 49.9 Å². The van der Waals surface area contributed by atoms with E-state index >= 15 is 0 Å². The van der Waals surface area contributed by atoms with Crippen LogP contribution in [0.3, 0.4) is 0 Å². The third-order valence-electron chi connectivity index (χ3n) is 6.91. The first-order valence-electron chi connectivity index (χ1n) is 9.87. The minimum atomic E-state index is -0.505. The summed E-state index contributed by atoms with van der Waals surface area (Å²) in [5, 5.41) is 7.94. The lowest BCUT2D eigenvalue weighted by Crippen LogP contribution is -2.50. The van der Waals surface area contributed by atoms with Crippen LogP contribution >= 0.6 is 0 Å². The summed E-state index contributed by atoms with van der Waals surface area (Å²) in [6.07, 6.45) is 6.83. The van der Waals surface area contributed by atoms with Gasteiger partial charge >= 0.3 is 5.76 Å². The number of rotatable bonds is 2. The molecule has 0 radical (unpaired) electrons. The van der Waals surface area contributed by atoms with Crippen LogP contribution in [-0.4, -0.2) is 32.8 Å². The zero-order valence-corrected chi connectivity index (χ0v) is 15.4. The number of benzene rings is 1. The number of nitrogens with zero attached hydrogens (tertiary/aromatic N) is 3. The topological polar surface area (TPSA) is 67.1 Å². The molecular formula is C21H22N4O2. The molecule has 3 aliphatic heterocycles. The average molecular weight is 362 g/mol. The van der Waals surface area contributed by atoms with Gasteiger partial charge in [0.2, 0.25) is 0 Å². The van der Waals surface area contributed by atoms with Gasteiger partial charge in [0, 0.05) is 23.0 Å². The molecule has 6 rings (SSSR count). The van der Waals surface area contributed by atoms with Crippen LogP contribution in [0.5, 0.6) is 0 Å². The molecule has 138 valence electrons. The summed E-state index contributed by atoms with van der Waals surface area (Å²) in [7, 11) is 0. The number of para-hydroxylation sites is 1. The molecule has 1 aromatic carbocycles. The summed E-state index contributed by atoms with van der Waals surface area (Å²) >= 11 is 0. The predicted molar refractivity (Wildman–Crippen MR) is 102 cm³/mol. The standard InChI is InChI=1S/C21H22N4O2/c1-2-21-9-5-10-24-11-8-14-13-6-3-4-7-15(13)25(17(14)18(21)24)16(12-21)19-22-23-20(26)27-19/h3-4,6-7,12,18H,2,5,8-11H2,1H3,(H,23,26)/t18-,21+/m1/s1. The molecule has 0 bridgehead atoms. The smallest absolute Gasteiger partial charge is 0.386 e. The normalized spacial score (nSPS) is 26.9. The van der Waals surface area contributed by atoms with Crippen molar-refractivity contribution in [3.05, 3.63) is 58.0 Å². The van der Waals surface area contributed by atoms with Gasteiger partial charge in [-0.3, -0.25) is 4.90 Å². The van der Waals surface area contributed by atoms with Crippen molar-refractivity contribution in [3.63, 3.8) is 0 Å². The number of nitrogens with one attached hydrogen (secondary N) is 1. The zero-order valence-electron chi connectivity index (χ0n) is 15.4. The van der Waals surface area contributed by atoms with E-state index in [0.29, 0.717) is 11.9 Å². The quantitative estimate of drug-likeness (QED) is 0.759. The Labute approximate surface area is 156 Å². The van der Waals surface area contributed by atoms with E-state index in [2.05, 4.69) is 56.9 Å². The monoisotopic (exact) mass is 362 g/mol. The maximum absolute atomic E-state index is 11.7. The molecule has 1 saturated heterocycles. The number of hydrogen-bond donors (Lipinski definition) is 1. The minimum absolute atomic E-state index is 0.0602. The van der Waals surface area contributed by atoms with E-state index in [9.17, 15) is 4.79 Å². The summed E-state index contributed by atoms with van der Waals surface area (Å²) in [6.45, 7) is 4.56. The van der Waals surface area contributed by atoms with E-state index in [-0.39, 0.29) is 5.41 Å². The van der Waals surface area contributed by atoms with Crippen molar-refractivity contribution in [1.29, 1.82) is 0 Å². The molecule has 3 aromatic rings. The van der Waals surface area contributed by atoms with Crippen LogP contribution in [0, 0.1) is 5.41 Å². The van der Waals surface area contributed by atoms with Crippen molar-refractivity contribution >= 4 is 16.6 Å². The summed E-state index contributed by atoms with van der Waals surface area (Å²) in [5.74, 6) is -0.119. The fraction of sp³-hybridized carbons (Fsp3) is 0.429. The van der Waals surface area contributed by atoms with Crippen LogP contribution in [0.2, 0.25) is 0 Å². The molecule has 1 fully saturated rings. The molecule has 0 unspecified atom stereocenters. The van der Waals surface area contributed by atoms with Gasteiger partial charge in [0.05, 0.1) is 11.6 Å². The predicted octanol–water partition coefficient (Wildman–Crippen LogP) is 3.31. The van der Waals surface area contributed by atoms with Gasteiger partial charge in [-0.25, -0.2) is 9.89 Å². The number of fused-ring (bicyclic) bond motifs is 3. The Kier molecular flexibility index (Phi) is 2.99. The van der Waals surface area contributed by atoms with E-state index < -0.39 is 5.76 Å². The zero-order chi connectivity index (χ0) is 18.2. The number of aromatic amines is 1. The number of aromatic nitrogens is 3. The van der Waals surface area contributed by atoms with Crippen molar-refractivity contribution in [3.8, 4) is 0 Å². The minimum Gasteiger partial charge on any atom is -0.386 e. The molecule has 0 amide bonds. The first-order chi connectivity index (χ1) is 13.2. The average Bonchev–Trinajstić information content (AvgIpc) is 3.28. The highest BCUT2D eigenvalue weighted by atomic mass is 16.4. The molecule has 5 heterocycles. The third kappa shape index (κ3) is 1.88. The number of H-pyrrole nitrogens is 1. The lowest BCUT2D eigenvalue weighted by atomic mass is 9.66. The Balaban J connectivity index is 1.75. The summed E-state index contributed by atoms with van der Waals surface area (Å²) in [5.41, 5.74) is 4.98. The Hall–Kier alpha value is -2.60. The Morgan fingerprint density at radius 2 is 2.22 bits per heavy atom. The first kappa shape index (κ1) is 15.5. The van der Waals surface area contributed by atoms with Crippen LogP contribution in [0.15, 0.2) is 39.6 Å². The van der Waals surface area contributed by atoms with E-state index in [1.165, 1.54) is 28.6 Å². The second-order valence-electron chi connectivity index (χ2n) is 8.04. The second kappa shape index (κ2) is 5.23. The van der Waals surface area contributed by atoms with Crippen LogP contribution in [0.25, 0.3) is 16.6 Å². The largest absolute Gasteiger partial charge is 0.434 e. The Morgan fingerprint density at radius 1 is 1.33 bits per heavy atom. The van der Waals surface area contributed by atoms with Gasteiger partial charge in [-0.15, -0.1) is 5.10 Å². The lowest BCUT2D eigenvalue weighted by molar-refractivity contribution is 0.0269. The van der Waals surface area contributed by atoms with E-state index in [1.807, 2.05) is 0 Å². The third-order valence-corrected chi connectivity index (χ3v) is 6.91. The molecule has 0 spiro atoms. The summed E-state index contributed by atoms with van der Waals surface area (Å²) < 4.78 is 7.73. The van der Waals surface area contributed by atoms with Gasteiger partial charge in [0.1, 0.15) is 5.70 Å². The molecule has 0 saturated carbocycles. The van der Waals surface area contributed by atoms with Crippen molar-refractivity contribution in [2.45, 2.75) is 38.6 Å². The highest BCUT2D eigenvalue weighted by molar-refractivity contribution is 5.91. The number of hydrogen-bond acceptors (Lipinski definition) is 4. The van der Waals surface area contributed by atoms with Gasteiger partial charge in [-0.1, -0.05) is 25.1 Å². The molecule has 2 aromatic heterocycles. The van der Waals surface area contributed by atoms with Crippen LogP contribution < -0.4 is 5.76 Å².